The Bertz CT molecular complexity index is 493. The first kappa shape index (κ1) is 11.5. The summed E-state index contributed by atoms with van der Waals surface area (Å²) >= 11 is 0. The minimum atomic E-state index is -1.40. The van der Waals surface area contributed by atoms with Gasteiger partial charge in [0.2, 0.25) is 5.69 Å². The standard InChI is InChI=1S/C8H6N4O4/c9-2-5-6(12(15)16)1-4(3-11-5)7(10)8(13)14/h1,3,7H,10H2,(H,13,14). The lowest BCUT2D eigenvalue weighted by atomic mass is 10.1. The van der Waals surface area contributed by atoms with Crippen molar-refractivity contribution in [2.45, 2.75) is 6.04 Å². The van der Waals surface area contributed by atoms with Crippen molar-refractivity contribution in [3.8, 4) is 6.07 Å². The number of nitrogens with zero attached hydrogens (tertiary/aromatic N) is 3. The van der Waals surface area contributed by atoms with Gasteiger partial charge in [-0.15, -0.1) is 0 Å². The smallest absolute Gasteiger partial charge is 0.325 e. The lowest BCUT2D eigenvalue weighted by Gasteiger charge is -2.05. The maximum absolute atomic E-state index is 10.6. The first-order chi connectivity index (χ1) is 7.47. The Balaban J connectivity index is 3.28. The van der Waals surface area contributed by atoms with Crippen molar-refractivity contribution in [1.82, 2.24) is 4.98 Å². The second-order valence-electron chi connectivity index (χ2n) is 2.82. The molecule has 1 rings (SSSR count). The number of carbonyl (C=O) groups is 1. The van der Waals surface area contributed by atoms with Crippen LogP contribution in [0.1, 0.15) is 17.3 Å². The number of pyridine rings is 1. The molecule has 0 aliphatic heterocycles. The summed E-state index contributed by atoms with van der Waals surface area (Å²) in [6.07, 6.45) is 1.03. The predicted octanol–water partition coefficient (Wildman–Crippen LogP) is -0.0541. The van der Waals surface area contributed by atoms with Crippen LogP contribution in [0.2, 0.25) is 0 Å². The van der Waals surface area contributed by atoms with Crippen LogP contribution in [0.15, 0.2) is 12.3 Å². The maximum Gasteiger partial charge on any atom is 0.325 e. The van der Waals surface area contributed by atoms with Crippen molar-refractivity contribution in [1.29, 1.82) is 5.26 Å². The fraction of sp³-hybridized carbons (Fsp3) is 0.125. The number of hydrogen-bond donors (Lipinski definition) is 2. The molecule has 0 saturated carbocycles. The Morgan fingerprint density at radius 3 is 2.81 bits per heavy atom. The highest BCUT2D eigenvalue weighted by Crippen LogP contribution is 2.20. The minimum Gasteiger partial charge on any atom is -0.480 e. The summed E-state index contributed by atoms with van der Waals surface area (Å²) in [5.74, 6) is -1.33. The van der Waals surface area contributed by atoms with Gasteiger partial charge in [0.25, 0.3) is 0 Å². The topological polar surface area (TPSA) is 143 Å². The quantitative estimate of drug-likeness (QED) is 0.538. The fourth-order valence-electron chi connectivity index (χ4n) is 1.01. The van der Waals surface area contributed by atoms with Crippen LogP contribution in [0.5, 0.6) is 0 Å². The molecule has 1 aromatic heterocycles. The number of carboxylic acid groups (broad SMARTS) is 1. The maximum atomic E-state index is 10.6. The van der Waals surface area contributed by atoms with Crippen LogP contribution < -0.4 is 5.73 Å². The Labute approximate surface area is 89.1 Å². The molecule has 0 aromatic carbocycles. The van der Waals surface area contributed by atoms with Crippen LogP contribution >= 0.6 is 0 Å². The van der Waals surface area contributed by atoms with Crippen molar-refractivity contribution in [2.24, 2.45) is 5.73 Å². The van der Waals surface area contributed by atoms with Gasteiger partial charge < -0.3 is 10.8 Å². The van der Waals surface area contributed by atoms with E-state index in [4.69, 9.17) is 16.1 Å². The monoisotopic (exact) mass is 222 g/mol. The highest BCUT2D eigenvalue weighted by Gasteiger charge is 2.21. The Morgan fingerprint density at radius 1 is 1.75 bits per heavy atom. The van der Waals surface area contributed by atoms with E-state index in [-0.39, 0.29) is 11.3 Å². The van der Waals surface area contributed by atoms with Crippen molar-refractivity contribution in [2.75, 3.05) is 0 Å². The second kappa shape index (κ2) is 4.33. The number of hydrogen-bond acceptors (Lipinski definition) is 6. The van der Waals surface area contributed by atoms with Crippen LogP contribution in [0.3, 0.4) is 0 Å². The molecule has 0 spiro atoms. The zero-order chi connectivity index (χ0) is 12.3. The number of nitro groups is 1. The van der Waals surface area contributed by atoms with E-state index in [1.54, 1.807) is 0 Å². The summed E-state index contributed by atoms with van der Waals surface area (Å²) in [4.78, 5) is 23.8. The minimum absolute atomic E-state index is 0.0294. The largest absolute Gasteiger partial charge is 0.480 e. The molecule has 1 unspecified atom stereocenters. The van der Waals surface area contributed by atoms with E-state index < -0.39 is 22.6 Å². The summed E-state index contributed by atoms with van der Waals surface area (Å²) in [5.41, 5.74) is 4.28. The Kier molecular flexibility index (Phi) is 3.12. The van der Waals surface area contributed by atoms with Crippen LogP contribution in [-0.4, -0.2) is 21.0 Å². The third kappa shape index (κ3) is 2.10. The molecule has 3 N–H and O–H groups in total. The lowest BCUT2D eigenvalue weighted by molar-refractivity contribution is -0.385. The highest BCUT2D eigenvalue weighted by atomic mass is 16.6. The van der Waals surface area contributed by atoms with E-state index in [0.29, 0.717) is 0 Å². The summed E-state index contributed by atoms with van der Waals surface area (Å²) in [5, 5.41) is 27.7. The molecule has 0 aliphatic carbocycles. The zero-order valence-corrected chi connectivity index (χ0v) is 7.82. The Hall–Kier alpha value is -2.53. The molecule has 1 aromatic rings. The van der Waals surface area contributed by atoms with Crippen LogP contribution in [0.25, 0.3) is 0 Å². The SMILES string of the molecule is N#Cc1ncc(C(N)C(=O)O)cc1[N+](=O)[O-]. The van der Waals surface area contributed by atoms with Gasteiger partial charge in [-0.25, -0.2) is 4.98 Å². The molecular formula is C8H6N4O4. The number of nitriles is 1. The Morgan fingerprint density at radius 2 is 2.38 bits per heavy atom. The zero-order valence-electron chi connectivity index (χ0n) is 7.82. The molecule has 0 fully saturated rings. The molecule has 0 saturated heterocycles. The van der Waals surface area contributed by atoms with Gasteiger partial charge in [-0.2, -0.15) is 5.26 Å². The summed E-state index contributed by atoms with van der Waals surface area (Å²) in [6.45, 7) is 0. The van der Waals surface area contributed by atoms with E-state index >= 15 is 0 Å². The van der Waals surface area contributed by atoms with E-state index in [9.17, 15) is 14.9 Å². The number of nitrogens with two attached hydrogens (primary N) is 1. The van der Waals surface area contributed by atoms with Crippen LogP contribution in [0, 0.1) is 21.4 Å². The third-order valence-electron chi connectivity index (χ3n) is 1.82. The number of aliphatic carboxylic acids is 1. The molecule has 0 amide bonds. The van der Waals surface area contributed by atoms with Crippen LogP contribution in [-0.2, 0) is 4.79 Å². The normalized spacial score (nSPS) is 11.5. The molecule has 16 heavy (non-hydrogen) atoms. The van der Waals surface area contributed by atoms with Crippen molar-refractivity contribution >= 4 is 11.7 Å². The average molecular weight is 222 g/mol. The summed E-state index contributed by atoms with van der Waals surface area (Å²) < 4.78 is 0. The molecule has 0 bridgehead atoms. The van der Waals surface area contributed by atoms with Crippen molar-refractivity contribution in [3.05, 3.63) is 33.6 Å². The average Bonchev–Trinajstić information content (AvgIpc) is 2.26. The molecule has 8 heteroatoms. The number of aromatic nitrogens is 1. The van der Waals surface area contributed by atoms with Gasteiger partial charge in [0.05, 0.1) is 4.92 Å². The number of rotatable bonds is 3. The van der Waals surface area contributed by atoms with Gasteiger partial charge in [0.1, 0.15) is 12.1 Å². The van der Waals surface area contributed by atoms with Crippen molar-refractivity contribution < 1.29 is 14.8 Å². The molecule has 82 valence electrons. The van der Waals surface area contributed by atoms with Gasteiger partial charge in [0, 0.05) is 17.8 Å². The number of carboxylic acids is 1. The molecule has 8 nitrogen and oxygen atoms in total. The van der Waals surface area contributed by atoms with Crippen LogP contribution in [0.4, 0.5) is 5.69 Å². The predicted molar refractivity (Wildman–Crippen MR) is 50.2 cm³/mol. The van der Waals surface area contributed by atoms with Gasteiger partial charge in [-0.05, 0) is 0 Å². The first-order valence-electron chi connectivity index (χ1n) is 4.00. The van der Waals surface area contributed by atoms with Gasteiger partial charge in [-0.1, -0.05) is 0 Å². The van der Waals surface area contributed by atoms with Gasteiger partial charge in [0.15, 0.2) is 0 Å². The van der Waals surface area contributed by atoms with E-state index in [0.717, 1.165) is 12.3 Å². The van der Waals surface area contributed by atoms with Crippen molar-refractivity contribution in [3.63, 3.8) is 0 Å². The first-order valence-corrected chi connectivity index (χ1v) is 4.00. The molecular weight excluding hydrogens is 216 g/mol. The second-order valence-corrected chi connectivity index (χ2v) is 2.82. The third-order valence-corrected chi connectivity index (χ3v) is 1.82. The molecule has 1 atom stereocenters. The van der Waals surface area contributed by atoms with E-state index in [2.05, 4.69) is 4.98 Å². The van der Waals surface area contributed by atoms with E-state index in [1.165, 1.54) is 6.07 Å². The summed E-state index contributed by atoms with van der Waals surface area (Å²) in [7, 11) is 0. The lowest BCUT2D eigenvalue weighted by Crippen LogP contribution is -2.21. The molecule has 0 radical (unpaired) electrons. The van der Waals surface area contributed by atoms with E-state index in [1.807, 2.05) is 0 Å². The molecule has 0 aliphatic rings. The van der Waals surface area contributed by atoms with Gasteiger partial charge in [-0.3, -0.25) is 14.9 Å². The van der Waals surface area contributed by atoms with Gasteiger partial charge >= 0.3 is 11.7 Å². The molecule has 1 heterocycles. The highest BCUT2D eigenvalue weighted by molar-refractivity contribution is 5.75. The fourth-order valence-corrected chi connectivity index (χ4v) is 1.01. The summed E-state index contributed by atoms with van der Waals surface area (Å²) in [6, 6.07) is 1.06.